The number of aromatic amines is 1. The van der Waals surface area contributed by atoms with Crippen LogP contribution >= 0.6 is 23.2 Å². The quantitative estimate of drug-likeness (QED) is 0.469. The Morgan fingerprint density at radius 2 is 1.82 bits per heavy atom. The number of fused-ring (bicyclic) bond motifs is 2. The van der Waals surface area contributed by atoms with Crippen molar-refractivity contribution < 1.29 is 0 Å². The Kier molecular flexibility index (Phi) is 3.88. The van der Waals surface area contributed by atoms with Gasteiger partial charge in [-0.3, -0.25) is 4.98 Å². The van der Waals surface area contributed by atoms with Crippen molar-refractivity contribution in [3.05, 3.63) is 58.6 Å². The smallest absolute Gasteiger partial charge is 0.198 e. The highest BCUT2D eigenvalue weighted by atomic mass is 35.5. The number of nitrogens with zero attached hydrogens (tertiary/aromatic N) is 6. The standard InChI is InChI=1S/C18H12Cl2N8/c19-10-5-22-6-11(20)9(10)7-28-8-23-15(21)14-18(28)27-17(26-14)16-24-12-3-1-2-4-13(12)25-16/h1-6,8H,7,21H2,(H,24,25). The fraction of sp³-hybridized carbons (Fsp3) is 0.0556. The van der Waals surface area contributed by atoms with Crippen molar-refractivity contribution in [1.29, 1.82) is 0 Å². The maximum Gasteiger partial charge on any atom is 0.198 e. The number of hydrogen-bond donors (Lipinski definition) is 2. The molecule has 28 heavy (non-hydrogen) atoms. The number of rotatable bonds is 3. The molecule has 0 bridgehead atoms. The van der Waals surface area contributed by atoms with Gasteiger partial charge in [-0.05, 0) is 12.1 Å². The lowest BCUT2D eigenvalue weighted by Crippen LogP contribution is -2.10. The lowest BCUT2D eigenvalue weighted by molar-refractivity contribution is 0.762. The lowest BCUT2D eigenvalue weighted by atomic mass is 10.2. The highest BCUT2D eigenvalue weighted by Crippen LogP contribution is 2.30. The molecule has 0 saturated heterocycles. The van der Waals surface area contributed by atoms with E-state index in [4.69, 9.17) is 28.9 Å². The van der Waals surface area contributed by atoms with E-state index in [9.17, 15) is 0 Å². The molecule has 0 fully saturated rings. The SMILES string of the molecule is Nc1ncn(Cc2c(Cl)cncc2Cl)c2nc(-c3nc4ccccc4[nH]3)nc1-2. The van der Waals surface area contributed by atoms with Crippen LogP contribution in [-0.2, 0) is 6.54 Å². The van der Waals surface area contributed by atoms with E-state index in [-0.39, 0.29) is 5.82 Å². The molecule has 0 spiro atoms. The van der Waals surface area contributed by atoms with E-state index < -0.39 is 0 Å². The van der Waals surface area contributed by atoms with Gasteiger partial charge in [0.15, 0.2) is 29.0 Å². The topological polar surface area (TPSA) is 111 Å². The van der Waals surface area contributed by atoms with Crippen molar-refractivity contribution in [3.8, 4) is 23.2 Å². The van der Waals surface area contributed by atoms with E-state index in [0.29, 0.717) is 45.3 Å². The van der Waals surface area contributed by atoms with E-state index in [1.807, 2.05) is 24.3 Å². The minimum atomic E-state index is 0.285. The van der Waals surface area contributed by atoms with E-state index in [2.05, 4.69) is 29.9 Å². The monoisotopic (exact) mass is 410 g/mol. The van der Waals surface area contributed by atoms with Crippen LogP contribution in [-0.4, -0.2) is 34.5 Å². The third-order valence-electron chi connectivity index (χ3n) is 4.37. The van der Waals surface area contributed by atoms with Crippen LogP contribution in [0, 0.1) is 0 Å². The van der Waals surface area contributed by atoms with Gasteiger partial charge in [0, 0.05) is 18.0 Å². The maximum absolute atomic E-state index is 6.25. The fourth-order valence-corrected chi connectivity index (χ4v) is 3.48. The Morgan fingerprint density at radius 1 is 1.04 bits per heavy atom. The number of pyridine rings is 1. The third-order valence-corrected chi connectivity index (χ3v) is 5.03. The molecule has 0 amide bonds. The number of nitrogens with two attached hydrogens (primary N) is 1. The molecule has 10 heteroatoms. The third kappa shape index (κ3) is 2.74. The number of aromatic nitrogens is 7. The normalized spacial score (nSPS) is 11.5. The number of imidazole rings is 2. The molecule has 0 unspecified atom stereocenters. The average molecular weight is 411 g/mol. The Labute approximate surface area is 168 Å². The van der Waals surface area contributed by atoms with Crippen LogP contribution in [0.15, 0.2) is 43.0 Å². The van der Waals surface area contributed by atoms with Gasteiger partial charge in [-0.25, -0.2) is 19.9 Å². The second-order valence-electron chi connectivity index (χ2n) is 6.16. The number of halogens is 2. The summed E-state index contributed by atoms with van der Waals surface area (Å²) in [5, 5.41) is 0.920. The Morgan fingerprint density at radius 3 is 2.61 bits per heavy atom. The molecule has 3 N–H and O–H groups in total. The Bertz CT molecular complexity index is 1240. The number of H-pyrrole nitrogens is 1. The van der Waals surface area contributed by atoms with Gasteiger partial charge in [0.05, 0.1) is 34.0 Å². The van der Waals surface area contributed by atoms with E-state index >= 15 is 0 Å². The zero-order valence-electron chi connectivity index (χ0n) is 14.3. The van der Waals surface area contributed by atoms with Crippen molar-refractivity contribution in [2.75, 3.05) is 5.73 Å². The first-order chi connectivity index (χ1) is 13.6. The van der Waals surface area contributed by atoms with Crippen molar-refractivity contribution in [3.63, 3.8) is 0 Å². The van der Waals surface area contributed by atoms with Crippen LogP contribution in [0.1, 0.15) is 5.56 Å². The van der Waals surface area contributed by atoms with Crippen LogP contribution < -0.4 is 5.73 Å². The molecule has 0 radical (unpaired) electrons. The number of anilines is 1. The second-order valence-corrected chi connectivity index (χ2v) is 6.98. The summed E-state index contributed by atoms with van der Waals surface area (Å²) >= 11 is 12.5. The average Bonchev–Trinajstić information content (AvgIpc) is 3.31. The van der Waals surface area contributed by atoms with Crippen LogP contribution in [0.4, 0.5) is 5.82 Å². The highest BCUT2D eigenvalue weighted by Gasteiger charge is 2.22. The van der Waals surface area contributed by atoms with E-state index in [1.165, 1.54) is 0 Å². The number of nitrogens with one attached hydrogen (secondary N) is 1. The van der Waals surface area contributed by atoms with Crippen molar-refractivity contribution >= 4 is 40.1 Å². The van der Waals surface area contributed by atoms with Gasteiger partial charge < -0.3 is 15.3 Å². The summed E-state index contributed by atoms with van der Waals surface area (Å²) in [5.74, 6) is 1.84. The van der Waals surface area contributed by atoms with Crippen LogP contribution in [0.2, 0.25) is 10.0 Å². The molecule has 138 valence electrons. The first kappa shape index (κ1) is 16.9. The number of nitrogen functional groups attached to an aromatic ring is 1. The predicted molar refractivity (Wildman–Crippen MR) is 107 cm³/mol. The number of para-hydroxylation sites is 2. The van der Waals surface area contributed by atoms with Gasteiger partial charge in [-0.15, -0.1) is 0 Å². The molecule has 0 saturated carbocycles. The van der Waals surface area contributed by atoms with Gasteiger partial charge in [0.2, 0.25) is 0 Å². The molecule has 2 aliphatic rings. The minimum absolute atomic E-state index is 0.285. The molecule has 3 aromatic rings. The minimum Gasteiger partial charge on any atom is -0.382 e. The molecule has 2 aliphatic heterocycles. The first-order valence-corrected chi connectivity index (χ1v) is 9.07. The highest BCUT2D eigenvalue weighted by molar-refractivity contribution is 6.35. The fourth-order valence-electron chi connectivity index (χ4n) is 2.99. The molecule has 1 aromatic carbocycles. The van der Waals surface area contributed by atoms with Crippen LogP contribution in [0.3, 0.4) is 0 Å². The molecular formula is C18H12Cl2N8. The van der Waals surface area contributed by atoms with E-state index in [0.717, 1.165) is 11.0 Å². The molecule has 0 atom stereocenters. The predicted octanol–water partition coefficient (Wildman–Crippen LogP) is 3.65. The lowest BCUT2D eigenvalue weighted by Gasteiger charge is -2.13. The van der Waals surface area contributed by atoms with Gasteiger partial charge in [-0.2, -0.15) is 0 Å². The molecule has 2 aromatic heterocycles. The van der Waals surface area contributed by atoms with Crippen LogP contribution in [0.5, 0.6) is 0 Å². The Balaban J connectivity index is 1.63. The molecular weight excluding hydrogens is 399 g/mol. The summed E-state index contributed by atoms with van der Waals surface area (Å²) in [6.07, 6.45) is 4.67. The summed E-state index contributed by atoms with van der Waals surface area (Å²) in [7, 11) is 0. The summed E-state index contributed by atoms with van der Waals surface area (Å²) in [5.41, 5.74) is 8.96. The molecule has 4 heterocycles. The van der Waals surface area contributed by atoms with Crippen molar-refractivity contribution in [2.24, 2.45) is 0 Å². The first-order valence-electron chi connectivity index (χ1n) is 8.31. The number of benzene rings is 1. The second kappa shape index (κ2) is 6.43. The summed E-state index contributed by atoms with van der Waals surface area (Å²) in [6, 6.07) is 7.72. The van der Waals surface area contributed by atoms with Crippen molar-refractivity contribution in [1.82, 2.24) is 34.5 Å². The molecule has 0 aliphatic carbocycles. The van der Waals surface area contributed by atoms with Gasteiger partial charge in [-0.1, -0.05) is 35.3 Å². The summed E-state index contributed by atoms with van der Waals surface area (Å²) in [4.78, 5) is 25.1. The van der Waals surface area contributed by atoms with E-state index in [1.54, 1.807) is 23.3 Å². The number of hydrogen-bond acceptors (Lipinski definition) is 6. The van der Waals surface area contributed by atoms with Gasteiger partial charge in [0.25, 0.3) is 0 Å². The van der Waals surface area contributed by atoms with Crippen LogP contribution in [0.25, 0.3) is 34.2 Å². The van der Waals surface area contributed by atoms with Gasteiger partial charge >= 0.3 is 0 Å². The molecule has 5 rings (SSSR count). The summed E-state index contributed by atoms with van der Waals surface area (Å²) in [6.45, 7) is 0.349. The Hall–Kier alpha value is -3.23. The summed E-state index contributed by atoms with van der Waals surface area (Å²) < 4.78 is 1.79. The van der Waals surface area contributed by atoms with Crippen molar-refractivity contribution in [2.45, 2.75) is 6.54 Å². The zero-order valence-corrected chi connectivity index (χ0v) is 15.8. The maximum atomic E-state index is 6.25. The molecule has 8 nitrogen and oxygen atoms in total. The largest absolute Gasteiger partial charge is 0.382 e. The zero-order chi connectivity index (χ0) is 19.3. The van der Waals surface area contributed by atoms with Gasteiger partial charge in [0.1, 0.15) is 0 Å².